The molecule has 11 aromatic rings. The van der Waals surface area contributed by atoms with Crippen molar-refractivity contribution in [2.75, 3.05) is 0 Å². The molecular weight excluding hydrogens is 757 g/mol. The van der Waals surface area contributed by atoms with Crippen LogP contribution in [0.5, 0.6) is 0 Å². The van der Waals surface area contributed by atoms with Crippen LogP contribution >= 0.6 is 11.3 Å². The first-order chi connectivity index (χ1) is 30.2. The Morgan fingerprint density at radius 1 is 0.311 bits per heavy atom. The number of hydrogen-bond donors (Lipinski definition) is 0. The molecule has 0 bridgehead atoms. The number of thiophene rings is 1. The van der Waals surface area contributed by atoms with Crippen LogP contribution in [0.15, 0.2) is 231 Å². The molecule has 0 atom stereocenters. The number of benzene rings is 9. The summed E-state index contributed by atoms with van der Waals surface area (Å²) in [7, 11) is 0. The Morgan fingerprint density at radius 3 is 1.33 bits per heavy atom. The highest BCUT2D eigenvalue weighted by Gasteiger charge is 2.61. The van der Waals surface area contributed by atoms with E-state index in [1.165, 1.54) is 64.7 Å². The zero-order valence-corrected chi connectivity index (χ0v) is 34.1. The SMILES string of the molecule is c1ccc(C2(c3ccccc3)c3ccccc3-c3ccc(-c4nc5ccccc5nc4-c4ccc5c(c4)sc4ccccc45)cc3C2(c2ccccc2)c2ccccc2)cc1. The van der Waals surface area contributed by atoms with E-state index < -0.39 is 10.8 Å². The summed E-state index contributed by atoms with van der Waals surface area (Å²) >= 11 is 1.83. The predicted octanol–water partition coefficient (Wildman–Crippen LogP) is 14.7. The molecule has 2 heterocycles. The quantitative estimate of drug-likeness (QED) is 0.168. The molecule has 0 spiro atoms. The molecule has 0 fully saturated rings. The molecule has 0 aliphatic heterocycles. The van der Waals surface area contributed by atoms with Gasteiger partial charge in [0.25, 0.3) is 0 Å². The van der Waals surface area contributed by atoms with Gasteiger partial charge in [0, 0.05) is 31.3 Å². The van der Waals surface area contributed by atoms with E-state index in [9.17, 15) is 0 Å². The molecule has 0 radical (unpaired) electrons. The third-order valence-corrected chi connectivity index (χ3v) is 14.1. The Balaban J connectivity index is 1.23. The van der Waals surface area contributed by atoms with Gasteiger partial charge in [0.2, 0.25) is 0 Å². The van der Waals surface area contributed by atoms with Crippen LogP contribution in [0.25, 0.3) is 64.8 Å². The van der Waals surface area contributed by atoms with Gasteiger partial charge >= 0.3 is 0 Å². The second-order valence-electron chi connectivity index (χ2n) is 16.0. The van der Waals surface area contributed by atoms with E-state index in [0.717, 1.165) is 33.5 Å². The van der Waals surface area contributed by atoms with Gasteiger partial charge in [0.05, 0.1) is 33.3 Å². The largest absolute Gasteiger partial charge is 0.244 e. The van der Waals surface area contributed by atoms with Gasteiger partial charge in [-0.2, -0.15) is 0 Å². The molecule has 9 aromatic carbocycles. The number of aromatic nitrogens is 2. The topological polar surface area (TPSA) is 25.8 Å². The molecule has 0 amide bonds. The fraction of sp³-hybridized carbons (Fsp3) is 0.0345. The third kappa shape index (κ3) is 5.21. The average molecular weight is 795 g/mol. The molecular formula is C58H38N2S. The number of fused-ring (bicyclic) bond motifs is 7. The number of para-hydroxylation sites is 2. The fourth-order valence-corrected chi connectivity index (χ4v) is 11.7. The van der Waals surface area contributed by atoms with Crippen molar-refractivity contribution in [1.82, 2.24) is 9.97 Å². The van der Waals surface area contributed by atoms with Crippen LogP contribution in [0.1, 0.15) is 33.4 Å². The highest BCUT2D eigenvalue weighted by Crippen LogP contribution is 2.65. The first-order valence-corrected chi connectivity index (χ1v) is 21.7. The van der Waals surface area contributed by atoms with Crippen LogP contribution in [0.2, 0.25) is 0 Å². The summed E-state index contributed by atoms with van der Waals surface area (Å²) in [6, 6.07) is 84.6. The van der Waals surface area contributed by atoms with Gasteiger partial charge in [-0.1, -0.05) is 200 Å². The minimum absolute atomic E-state index is 0.718. The minimum atomic E-state index is -0.766. The summed E-state index contributed by atoms with van der Waals surface area (Å²) < 4.78 is 2.53. The van der Waals surface area contributed by atoms with Crippen molar-refractivity contribution >= 4 is 42.5 Å². The van der Waals surface area contributed by atoms with Crippen LogP contribution < -0.4 is 0 Å². The molecule has 1 aliphatic rings. The van der Waals surface area contributed by atoms with Crippen molar-refractivity contribution in [2.45, 2.75) is 10.8 Å². The Kier molecular flexibility index (Phi) is 8.19. The molecule has 286 valence electrons. The molecule has 3 heteroatoms. The molecule has 0 saturated carbocycles. The van der Waals surface area contributed by atoms with Gasteiger partial charge in [-0.3, -0.25) is 0 Å². The molecule has 2 aromatic heterocycles. The zero-order chi connectivity index (χ0) is 40.4. The van der Waals surface area contributed by atoms with E-state index in [0.29, 0.717) is 0 Å². The molecule has 61 heavy (non-hydrogen) atoms. The van der Waals surface area contributed by atoms with Gasteiger partial charge in [0.15, 0.2) is 0 Å². The zero-order valence-electron chi connectivity index (χ0n) is 33.2. The van der Waals surface area contributed by atoms with Crippen molar-refractivity contribution in [3.05, 3.63) is 264 Å². The predicted molar refractivity (Wildman–Crippen MR) is 254 cm³/mol. The van der Waals surface area contributed by atoms with Crippen LogP contribution in [-0.4, -0.2) is 9.97 Å². The number of hydrogen-bond acceptors (Lipinski definition) is 3. The highest BCUT2D eigenvalue weighted by atomic mass is 32.1. The summed E-state index contributed by atoms with van der Waals surface area (Å²) in [6.07, 6.45) is 0. The lowest BCUT2D eigenvalue weighted by molar-refractivity contribution is 0.415. The number of rotatable bonds is 6. The maximum Gasteiger partial charge on any atom is 0.0973 e. The molecule has 0 N–H and O–H groups in total. The van der Waals surface area contributed by atoms with E-state index in [1.807, 2.05) is 17.4 Å². The highest BCUT2D eigenvalue weighted by molar-refractivity contribution is 7.25. The van der Waals surface area contributed by atoms with Crippen LogP contribution in [-0.2, 0) is 10.8 Å². The van der Waals surface area contributed by atoms with E-state index in [-0.39, 0.29) is 0 Å². The van der Waals surface area contributed by atoms with Crippen LogP contribution in [0.4, 0.5) is 0 Å². The molecule has 12 rings (SSSR count). The smallest absolute Gasteiger partial charge is 0.0973 e. The van der Waals surface area contributed by atoms with Crippen LogP contribution in [0, 0.1) is 0 Å². The monoisotopic (exact) mass is 794 g/mol. The van der Waals surface area contributed by atoms with Crippen molar-refractivity contribution in [1.29, 1.82) is 0 Å². The number of nitrogens with zero attached hydrogens (tertiary/aromatic N) is 2. The lowest BCUT2D eigenvalue weighted by Crippen LogP contribution is -2.54. The van der Waals surface area contributed by atoms with E-state index in [4.69, 9.17) is 9.97 Å². The molecule has 0 unspecified atom stereocenters. The first kappa shape index (κ1) is 35.5. The van der Waals surface area contributed by atoms with Crippen molar-refractivity contribution < 1.29 is 0 Å². The van der Waals surface area contributed by atoms with Gasteiger partial charge in [-0.15, -0.1) is 11.3 Å². The summed E-state index contributed by atoms with van der Waals surface area (Å²) in [5.74, 6) is 0. The molecule has 2 nitrogen and oxygen atoms in total. The Bertz CT molecular complexity index is 3330. The van der Waals surface area contributed by atoms with Crippen LogP contribution in [0.3, 0.4) is 0 Å². The molecule has 0 saturated heterocycles. The normalized spacial score (nSPS) is 13.8. The minimum Gasteiger partial charge on any atom is -0.244 e. The van der Waals surface area contributed by atoms with Crippen molar-refractivity contribution in [3.8, 4) is 33.6 Å². The van der Waals surface area contributed by atoms with Gasteiger partial charge < -0.3 is 0 Å². The maximum atomic E-state index is 5.52. The summed E-state index contributed by atoms with van der Waals surface area (Å²) in [6.45, 7) is 0. The standard InChI is InChI=1S/C58H38N2S/c1-5-19-41(20-6-1)57(42-21-7-2-8-22-42)49-29-15-13-27-45(49)46-35-33-39(37-50(46)58(57,43-23-9-3-10-24-43)44-25-11-4-12-26-44)55-56(60-52-31-17-16-30-51(52)59-55)40-34-36-48-47-28-14-18-32-53(47)61-54(48)38-40/h1-38H. The van der Waals surface area contributed by atoms with Crippen molar-refractivity contribution in [2.24, 2.45) is 0 Å². The lowest BCUT2D eigenvalue weighted by atomic mass is 9.43. The second-order valence-corrected chi connectivity index (χ2v) is 17.1. The van der Waals surface area contributed by atoms with Gasteiger partial charge in [-0.25, -0.2) is 9.97 Å². The first-order valence-electron chi connectivity index (χ1n) is 20.9. The Morgan fingerprint density at radius 2 is 0.738 bits per heavy atom. The van der Waals surface area contributed by atoms with Crippen molar-refractivity contribution in [3.63, 3.8) is 0 Å². The lowest BCUT2D eigenvalue weighted by Gasteiger charge is -2.57. The molecule has 1 aliphatic carbocycles. The third-order valence-electron chi connectivity index (χ3n) is 12.9. The Hall–Kier alpha value is -7.46. The fourth-order valence-electron chi connectivity index (χ4n) is 10.5. The van der Waals surface area contributed by atoms with Gasteiger partial charge in [0.1, 0.15) is 0 Å². The van der Waals surface area contributed by atoms with Gasteiger partial charge in [-0.05, 0) is 74.8 Å². The Labute approximate surface area is 359 Å². The average Bonchev–Trinajstić information content (AvgIpc) is 3.72. The van der Waals surface area contributed by atoms with E-state index >= 15 is 0 Å². The maximum absolute atomic E-state index is 5.52. The van der Waals surface area contributed by atoms with E-state index in [2.05, 4.69) is 224 Å². The van der Waals surface area contributed by atoms with E-state index in [1.54, 1.807) is 0 Å². The summed E-state index contributed by atoms with van der Waals surface area (Å²) in [5.41, 5.74) is 13.8. The second kappa shape index (κ2) is 14.1. The summed E-state index contributed by atoms with van der Waals surface area (Å²) in [4.78, 5) is 11.0. The summed E-state index contributed by atoms with van der Waals surface area (Å²) in [5, 5.41) is 2.55.